The van der Waals surface area contributed by atoms with Crippen molar-refractivity contribution in [1.82, 2.24) is 20.2 Å². The zero-order chi connectivity index (χ0) is 15.6. The maximum absolute atomic E-state index is 5.90. The molecule has 0 spiro atoms. The molecule has 2 N–H and O–H groups in total. The van der Waals surface area contributed by atoms with Gasteiger partial charge in [-0.15, -0.1) is 10.2 Å². The zero-order valence-electron chi connectivity index (χ0n) is 11.9. The fourth-order valence-corrected chi connectivity index (χ4v) is 2.12. The first kappa shape index (κ1) is 13.2. The van der Waals surface area contributed by atoms with Gasteiger partial charge in [0.1, 0.15) is 0 Å². The van der Waals surface area contributed by atoms with E-state index in [1.54, 1.807) is 24.8 Å². The predicted molar refractivity (Wildman–Crippen MR) is 82.9 cm³/mol. The minimum atomic E-state index is 0.221. The first-order valence-electron chi connectivity index (χ1n) is 6.85. The van der Waals surface area contributed by atoms with Crippen molar-refractivity contribution in [3.8, 4) is 34.3 Å². The van der Waals surface area contributed by atoms with E-state index in [0.29, 0.717) is 17.3 Å². The number of hydrogen-bond acceptors (Lipinski definition) is 7. The second-order valence-corrected chi connectivity index (χ2v) is 4.78. The van der Waals surface area contributed by atoms with Crippen LogP contribution in [0.1, 0.15) is 0 Å². The second-order valence-electron chi connectivity index (χ2n) is 4.78. The highest BCUT2D eigenvalue weighted by atomic mass is 16.4. The van der Waals surface area contributed by atoms with Gasteiger partial charge in [-0.2, -0.15) is 0 Å². The summed E-state index contributed by atoms with van der Waals surface area (Å²) in [7, 11) is 0. The number of aromatic nitrogens is 4. The van der Waals surface area contributed by atoms with Gasteiger partial charge in [-0.05, 0) is 18.2 Å². The van der Waals surface area contributed by atoms with Gasteiger partial charge in [-0.3, -0.25) is 0 Å². The van der Waals surface area contributed by atoms with Crippen molar-refractivity contribution in [3.63, 3.8) is 0 Å². The third-order valence-corrected chi connectivity index (χ3v) is 3.27. The Hall–Kier alpha value is -3.48. The van der Waals surface area contributed by atoms with Crippen molar-refractivity contribution in [1.29, 1.82) is 0 Å². The summed E-state index contributed by atoms with van der Waals surface area (Å²) in [5, 5.41) is 8.06. The molecule has 0 fully saturated rings. The third-order valence-electron chi connectivity index (χ3n) is 3.27. The van der Waals surface area contributed by atoms with E-state index in [2.05, 4.69) is 20.2 Å². The van der Waals surface area contributed by atoms with Crippen molar-refractivity contribution in [2.45, 2.75) is 0 Å². The van der Waals surface area contributed by atoms with Gasteiger partial charge in [0.2, 0.25) is 5.89 Å². The van der Waals surface area contributed by atoms with Crippen LogP contribution in [0.3, 0.4) is 0 Å². The number of anilines is 1. The average molecular weight is 305 g/mol. The van der Waals surface area contributed by atoms with Crippen LogP contribution in [-0.2, 0) is 0 Å². The molecule has 112 valence electrons. The van der Waals surface area contributed by atoms with E-state index in [4.69, 9.17) is 14.6 Å². The van der Waals surface area contributed by atoms with E-state index in [-0.39, 0.29) is 11.7 Å². The number of rotatable bonds is 3. The smallest absolute Gasteiger partial charge is 0.270 e. The minimum Gasteiger partial charge on any atom is -0.472 e. The molecule has 23 heavy (non-hydrogen) atoms. The highest BCUT2D eigenvalue weighted by Crippen LogP contribution is 2.27. The molecule has 0 aliphatic carbocycles. The van der Waals surface area contributed by atoms with Crippen LogP contribution in [0.5, 0.6) is 0 Å². The van der Waals surface area contributed by atoms with E-state index in [9.17, 15) is 0 Å². The second kappa shape index (κ2) is 5.38. The van der Waals surface area contributed by atoms with Gasteiger partial charge in [0.15, 0.2) is 11.5 Å². The Balaban J connectivity index is 1.76. The molecule has 3 aromatic heterocycles. The monoisotopic (exact) mass is 305 g/mol. The van der Waals surface area contributed by atoms with Crippen LogP contribution in [0.2, 0.25) is 0 Å². The first-order chi connectivity index (χ1) is 11.3. The summed E-state index contributed by atoms with van der Waals surface area (Å²) in [5.74, 6) is 0.843. The molecule has 4 rings (SSSR count). The van der Waals surface area contributed by atoms with Crippen LogP contribution < -0.4 is 5.73 Å². The van der Waals surface area contributed by atoms with Crippen LogP contribution >= 0.6 is 0 Å². The predicted octanol–water partition coefficient (Wildman–Crippen LogP) is 3.04. The summed E-state index contributed by atoms with van der Waals surface area (Å²) in [4.78, 5) is 8.59. The fraction of sp³-hybridized carbons (Fsp3) is 0. The molecule has 0 radical (unpaired) electrons. The molecule has 0 atom stereocenters. The molecule has 4 aromatic rings. The molecule has 7 heteroatoms. The van der Waals surface area contributed by atoms with Crippen LogP contribution in [0, 0.1) is 0 Å². The summed E-state index contributed by atoms with van der Waals surface area (Å²) in [6.45, 7) is 0. The van der Waals surface area contributed by atoms with Gasteiger partial charge in [0.25, 0.3) is 5.89 Å². The Labute approximate surface area is 130 Å². The van der Waals surface area contributed by atoms with Gasteiger partial charge in [0, 0.05) is 11.1 Å². The minimum absolute atomic E-state index is 0.221. The lowest BCUT2D eigenvalue weighted by atomic mass is 10.2. The number of nitrogen functional groups attached to an aromatic ring is 1. The van der Waals surface area contributed by atoms with Crippen LogP contribution in [-0.4, -0.2) is 20.2 Å². The average Bonchev–Trinajstić information content (AvgIpc) is 3.28. The van der Waals surface area contributed by atoms with Crippen molar-refractivity contribution >= 4 is 5.82 Å². The van der Waals surface area contributed by atoms with Gasteiger partial charge in [-0.1, -0.05) is 18.2 Å². The highest BCUT2D eigenvalue weighted by Gasteiger charge is 2.16. The summed E-state index contributed by atoms with van der Waals surface area (Å²) in [5.41, 5.74) is 8.47. The highest BCUT2D eigenvalue weighted by molar-refractivity contribution is 5.68. The van der Waals surface area contributed by atoms with Crippen molar-refractivity contribution in [2.24, 2.45) is 0 Å². The lowest BCUT2D eigenvalue weighted by molar-refractivity contribution is 0.568. The van der Waals surface area contributed by atoms with E-state index >= 15 is 0 Å². The topological polar surface area (TPSA) is 104 Å². The molecule has 3 heterocycles. The van der Waals surface area contributed by atoms with Gasteiger partial charge < -0.3 is 14.6 Å². The number of hydrogen-bond donors (Lipinski definition) is 1. The van der Waals surface area contributed by atoms with E-state index in [1.165, 1.54) is 0 Å². The molecule has 0 unspecified atom stereocenters. The molecule has 0 aliphatic heterocycles. The fourth-order valence-electron chi connectivity index (χ4n) is 2.12. The van der Waals surface area contributed by atoms with Gasteiger partial charge in [0.05, 0.1) is 24.4 Å². The molecule has 0 amide bonds. The Kier molecular flexibility index (Phi) is 3.09. The van der Waals surface area contributed by atoms with Crippen molar-refractivity contribution in [3.05, 3.63) is 55.1 Å². The van der Waals surface area contributed by atoms with E-state index < -0.39 is 0 Å². The van der Waals surface area contributed by atoms with E-state index in [1.807, 2.05) is 30.3 Å². The number of furan rings is 1. The lowest BCUT2D eigenvalue weighted by Gasteiger charge is -2.02. The molecule has 0 saturated carbocycles. The quantitative estimate of drug-likeness (QED) is 0.620. The van der Waals surface area contributed by atoms with E-state index in [0.717, 1.165) is 11.1 Å². The maximum Gasteiger partial charge on any atom is 0.270 e. The number of nitrogens with zero attached hydrogens (tertiary/aromatic N) is 4. The van der Waals surface area contributed by atoms with Crippen LogP contribution in [0.15, 0.2) is 64.0 Å². The van der Waals surface area contributed by atoms with Crippen LogP contribution in [0.25, 0.3) is 34.3 Å². The summed E-state index contributed by atoms with van der Waals surface area (Å²) < 4.78 is 10.7. The Bertz CT molecular complexity index is 932. The SMILES string of the molecule is Nc1ncc(-c2ccoc2)nc1-c1nnc(-c2ccccc2)o1. The molecule has 1 aromatic carbocycles. The normalized spacial score (nSPS) is 10.8. The first-order valence-corrected chi connectivity index (χ1v) is 6.85. The van der Waals surface area contributed by atoms with Gasteiger partial charge >= 0.3 is 0 Å². The molecule has 0 aliphatic rings. The molecule has 0 saturated heterocycles. The standard InChI is InChI=1S/C16H11N5O2/c17-14-13(19-12(8-18-14)11-6-7-22-9-11)16-21-20-15(23-16)10-4-2-1-3-5-10/h1-9H,(H2,17,18). The third kappa shape index (κ3) is 2.44. The van der Waals surface area contributed by atoms with Gasteiger partial charge in [-0.25, -0.2) is 9.97 Å². The summed E-state index contributed by atoms with van der Waals surface area (Å²) in [6.07, 6.45) is 4.71. The molecule has 0 bridgehead atoms. The molecular weight excluding hydrogens is 294 g/mol. The van der Waals surface area contributed by atoms with Crippen molar-refractivity contribution in [2.75, 3.05) is 5.73 Å². The number of nitrogens with two attached hydrogens (primary N) is 1. The Morgan fingerprint density at radius 2 is 1.74 bits per heavy atom. The molecular formula is C16H11N5O2. The zero-order valence-corrected chi connectivity index (χ0v) is 11.9. The maximum atomic E-state index is 5.90. The number of benzene rings is 1. The summed E-state index contributed by atoms with van der Waals surface area (Å²) >= 11 is 0. The largest absolute Gasteiger partial charge is 0.472 e. The summed E-state index contributed by atoms with van der Waals surface area (Å²) in [6, 6.07) is 11.3. The Morgan fingerprint density at radius 1 is 0.913 bits per heavy atom. The Morgan fingerprint density at radius 3 is 2.52 bits per heavy atom. The van der Waals surface area contributed by atoms with Crippen molar-refractivity contribution < 1.29 is 8.83 Å². The van der Waals surface area contributed by atoms with Crippen LogP contribution in [0.4, 0.5) is 5.82 Å². The lowest BCUT2D eigenvalue weighted by Crippen LogP contribution is -1.98. The molecule has 7 nitrogen and oxygen atoms in total.